The predicted octanol–water partition coefficient (Wildman–Crippen LogP) is 2.72. The van der Waals surface area contributed by atoms with Crippen LogP contribution >= 0.6 is 0 Å². The number of likely N-dealkylation sites (N-methyl/N-ethyl adjacent to an activating group) is 1. The van der Waals surface area contributed by atoms with Gasteiger partial charge in [0, 0.05) is 18.6 Å². The molecule has 106 valence electrons. The molecule has 0 bridgehead atoms. The molecule has 1 N–H and O–H groups in total. The molecule has 0 saturated heterocycles. The molecule has 2 nitrogen and oxygen atoms in total. The standard InChI is InChI=1S/C17H28N2/c1-13(2)17(12-19(3)4)18-16-10-9-14-7-5-6-8-15(14)11-16/h5-8,13,16-18H,9-12H2,1-4H3. The average molecular weight is 260 g/mol. The Labute approximate surface area is 118 Å². The smallest absolute Gasteiger partial charge is 0.0220 e. The number of benzene rings is 1. The minimum Gasteiger partial charge on any atom is -0.309 e. The van der Waals surface area contributed by atoms with Gasteiger partial charge in [-0.15, -0.1) is 0 Å². The summed E-state index contributed by atoms with van der Waals surface area (Å²) in [6.07, 6.45) is 3.68. The van der Waals surface area contributed by atoms with E-state index in [2.05, 4.69) is 62.4 Å². The minimum atomic E-state index is 0.588. The molecule has 0 amide bonds. The molecule has 0 spiro atoms. The Kier molecular flexibility index (Phi) is 5.00. The van der Waals surface area contributed by atoms with Gasteiger partial charge >= 0.3 is 0 Å². The molecule has 0 aliphatic heterocycles. The predicted molar refractivity (Wildman–Crippen MR) is 82.6 cm³/mol. The maximum absolute atomic E-state index is 3.89. The molecular weight excluding hydrogens is 232 g/mol. The van der Waals surface area contributed by atoms with E-state index in [1.807, 2.05) is 0 Å². The maximum atomic E-state index is 3.89. The topological polar surface area (TPSA) is 15.3 Å². The number of fused-ring (bicyclic) bond motifs is 1. The van der Waals surface area contributed by atoms with Crippen LogP contribution in [-0.2, 0) is 12.8 Å². The van der Waals surface area contributed by atoms with Crippen LogP contribution in [0.3, 0.4) is 0 Å². The lowest BCUT2D eigenvalue weighted by Gasteiger charge is -2.33. The molecule has 2 atom stereocenters. The molecule has 0 heterocycles. The van der Waals surface area contributed by atoms with Gasteiger partial charge in [-0.1, -0.05) is 38.1 Å². The second kappa shape index (κ2) is 6.53. The molecule has 0 radical (unpaired) electrons. The van der Waals surface area contributed by atoms with Crippen LogP contribution in [0, 0.1) is 5.92 Å². The van der Waals surface area contributed by atoms with E-state index in [0.717, 1.165) is 6.54 Å². The fourth-order valence-electron chi connectivity index (χ4n) is 2.99. The van der Waals surface area contributed by atoms with Crippen molar-refractivity contribution in [1.29, 1.82) is 0 Å². The maximum Gasteiger partial charge on any atom is 0.0220 e. The normalized spacial score (nSPS) is 20.6. The van der Waals surface area contributed by atoms with E-state index in [4.69, 9.17) is 0 Å². The van der Waals surface area contributed by atoms with Crippen molar-refractivity contribution in [3.63, 3.8) is 0 Å². The summed E-state index contributed by atoms with van der Waals surface area (Å²) in [7, 11) is 4.32. The average Bonchev–Trinajstić information content (AvgIpc) is 2.37. The molecule has 2 rings (SSSR count). The molecule has 0 aromatic heterocycles. The van der Waals surface area contributed by atoms with Gasteiger partial charge in [-0.2, -0.15) is 0 Å². The second-order valence-corrected chi connectivity index (χ2v) is 6.49. The molecule has 0 fully saturated rings. The summed E-state index contributed by atoms with van der Waals surface area (Å²) in [6.45, 7) is 5.76. The Balaban J connectivity index is 1.96. The molecule has 2 heteroatoms. The van der Waals surface area contributed by atoms with Gasteiger partial charge in [0.15, 0.2) is 0 Å². The van der Waals surface area contributed by atoms with Crippen molar-refractivity contribution in [2.45, 2.75) is 45.2 Å². The van der Waals surface area contributed by atoms with Gasteiger partial charge in [-0.25, -0.2) is 0 Å². The zero-order valence-corrected chi connectivity index (χ0v) is 12.8. The van der Waals surface area contributed by atoms with Crippen molar-refractivity contribution in [1.82, 2.24) is 10.2 Å². The molecule has 0 saturated carbocycles. The third kappa shape index (κ3) is 4.05. The highest BCUT2D eigenvalue weighted by molar-refractivity contribution is 5.30. The lowest BCUT2D eigenvalue weighted by atomic mass is 9.87. The van der Waals surface area contributed by atoms with E-state index in [9.17, 15) is 0 Å². The fourth-order valence-corrected chi connectivity index (χ4v) is 2.99. The molecule has 1 aliphatic rings. The van der Waals surface area contributed by atoms with Crippen LogP contribution in [0.5, 0.6) is 0 Å². The summed E-state index contributed by atoms with van der Waals surface area (Å²) in [6, 6.07) is 10.1. The lowest BCUT2D eigenvalue weighted by Crippen LogP contribution is -2.48. The van der Waals surface area contributed by atoms with Crippen molar-refractivity contribution in [3.05, 3.63) is 35.4 Å². The number of nitrogens with zero attached hydrogens (tertiary/aromatic N) is 1. The summed E-state index contributed by atoms with van der Waals surface area (Å²) >= 11 is 0. The fraction of sp³-hybridized carbons (Fsp3) is 0.647. The SMILES string of the molecule is CC(C)C(CN(C)C)NC1CCc2ccccc2C1. The number of hydrogen-bond donors (Lipinski definition) is 1. The Morgan fingerprint density at radius 1 is 1.21 bits per heavy atom. The summed E-state index contributed by atoms with van der Waals surface area (Å²) in [5, 5.41) is 3.89. The van der Waals surface area contributed by atoms with Crippen LogP contribution in [0.2, 0.25) is 0 Å². The second-order valence-electron chi connectivity index (χ2n) is 6.49. The molecule has 1 aliphatic carbocycles. The summed E-state index contributed by atoms with van der Waals surface area (Å²) in [5.74, 6) is 0.680. The summed E-state index contributed by atoms with van der Waals surface area (Å²) in [4.78, 5) is 2.29. The Morgan fingerprint density at radius 2 is 1.89 bits per heavy atom. The number of hydrogen-bond acceptors (Lipinski definition) is 2. The Hall–Kier alpha value is -0.860. The van der Waals surface area contributed by atoms with Gasteiger partial charge < -0.3 is 10.2 Å². The quantitative estimate of drug-likeness (QED) is 0.876. The molecular formula is C17H28N2. The third-order valence-electron chi connectivity index (χ3n) is 4.16. The first kappa shape index (κ1) is 14.5. The summed E-state index contributed by atoms with van der Waals surface area (Å²) in [5.41, 5.74) is 3.09. The number of rotatable bonds is 5. The van der Waals surface area contributed by atoms with Crippen LogP contribution in [0.15, 0.2) is 24.3 Å². The summed E-state index contributed by atoms with van der Waals surface area (Å²) < 4.78 is 0. The first-order chi connectivity index (χ1) is 9.06. The van der Waals surface area contributed by atoms with Gasteiger partial charge in [0.05, 0.1) is 0 Å². The van der Waals surface area contributed by atoms with Crippen molar-refractivity contribution < 1.29 is 0 Å². The van der Waals surface area contributed by atoms with Crippen molar-refractivity contribution in [3.8, 4) is 0 Å². The largest absolute Gasteiger partial charge is 0.309 e. The van der Waals surface area contributed by atoms with E-state index in [1.165, 1.54) is 19.3 Å². The van der Waals surface area contributed by atoms with Gasteiger partial charge in [-0.05, 0) is 50.4 Å². The van der Waals surface area contributed by atoms with Gasteiger partial charge in [0.25, 0.3) is 0 Å². The lowest BCUT2D eigenvalue weighted by molar-refractivity contribution is 0.260. The Morgan fingerprint density at radius 3 is 2.53 bits per heavy atom. The van der Waals surface area contributed by atoms with Gasteiger partial charge in [0.2, 0.25) is 0 Å². The van der Waals surface area contributed by atoms with Crippen molar-refractivity contribution >= 4 is 0 Å². The van der Waals surface area contributed by atoms with E-state index in [-0.39, 0.29) is 0 Å². The highest BCUT2D eigenvalue weighted by atomic mass is 15.1. The highest BCUT2D eigenvalue weighted by Gasteiger charge is 2.22. The minimum absolute atomic E-state index is 0.588. The molecule has 19 heavy (non-hydrogen) atoms. The van der Waals surface area contributed by atoms with Crippen LogP contribution in [0.4, 0.5) is 0 Å². The first-order valence-corrected chi connectivity index (χ1v) is 7.54. The molecule has 1 aromatic rings. The Bertz CT molecular complexity index is 398. The van der Waals surface area contributed by atoms with Gasteiger partial charge in [0.1, 0.15) is 0 Å². The molecule has 1 aromatic carbocycles. The zero-order chi connectivity index (χ0) is 13.8. The van der Waals surface area contributed by atoms with Crippen LogP contribution in [0.1, 0.15) is 31.4 Å². The van der Waals surface area contributed by atoms with E-state index >= 15 is 0 Å². The van der Waals surface area contributed by atoms with E-state index in [1.54, 1.807) is 11.1 Å². The zero-order valence-electron chi connectivity index (χ0n) is 12.8. The van der Waals surface area contributed by atoms with Gasteiger partial charge in [-0.3, -0.25) is 0 Å². The van der Waals surface area contributed by atoms with Crippen LogP contribution < -0.4 is 5.32 Å². The van der Waals surface area contributed by atoms with Crippen LogP contribution in [-0.4, -0.2) is 37.6 Å². The highest BCUT2D eigenvalue weighted by Crippen LogP contribution is 2.22. The van der Waals surface area contributed by atoms with Crippen molar-refractivity contribution in [2.24, 2.45) is 5.92 Å². The third-order valence-corrected chi connectivity index (χ3v) is 4.16. The first-order valence-electron chi connectivity index (χ1n) is 7.54. The molecule has 2 unspecified atom stereocenters. The van der Waals surface area contributed by atoms with Crippen LogP contribution in [0.25, 0.3) is 0 Å². The number of nitrogens with one attached hydrogen (secondary N) is 1. The van der Waals surface area contributed by atoms with E-state index < -0.39 is 0 Å². The van der Waals surface area contributed by atoms with Crippen molar-refractivity contribution in [2.75, 3.05) is 20.6 Å². The van der Waals surface area contributed by atoms with E-state index in [0.29, 0.717) is 18.0 Å². The monoisotopic (exact) mass is 260 g/mol. The number of aryl methyl sites for hydroxylation is 1.